The summed E-state index contributed by atoms with van der Waals surface area (Å²) in [6, 6.07) is 22.1. The van der Waals surface area contributed by atoms with E-state index in [-0.39, 0.29) is 0 Å². The fourth-order valence-electron chi connectivity index (χ4n) is 2.61. The minimum Gasteiger partial charge on any atom is -0.496 e. The second-order valence-electron chi connectivity index (χ2n) is 5.14. The maximum Gasteiger partial charge on any atom is 0.122 e. The normalized spacial score (nSPS) is 12.3. The predicted octanol–water partition coefficient (Wildman–Crippen LogP) is 4.12. The molecule has 1 unspecified atom stereocenters. The molecular weight excluding hydrogens is 260 g/mol. The maximum absolute atomic E-state index is 10.5. The smallest absolute Gasteiger partial charge is 0.122 e. The lowest BCUT2D eigenvalue weighted by Gasteiger charge is -2.14. The van der Waals surface area contributed by atoms with Gasteiger partial charge in [-0.05, 0) is 34.0 Å². The molecule has 0 saturated heterocycles. The SMILES string of the molecule is COc1ccccc1CC(O)c1ccc2ccccc2c1. The molecule has 3 aromatic carbocycles. The number of aliphatic hydroxyl groups excluding tert-OH is 1. The van der Waals surface area contributed by atoms with Gasteiger partial charge < -0.3 is 9.84 Å². The van der Waals surface area contributed by atoms with Crippen molar-refractivity contribution in [1.82, 2.24) is 0 Å². The molecule has 0 bridgehead atoms. The zero-order valence-electron chi connectivity index (χ0n) is 12.0. The Morgan fingerprint density at radius 3 is 2.43 bits per heavy atom. The van der Waals surface area contributed by atoms with E-state index in [0.29, 0.717) is 6.42 Å². The first-order chi connectivity index (χ1) is 10.3. The first kappa shape index (κ1) is 13.7. The van der Waals surface area contributed by atoms with Gasteiger partial charge in [0.05, 0.1) is 13.2 Å². The third kappa shape index (κ3) is 2.91. The van der Waals surface area contributed by atoms with Crippen LogP contribution in [-0.2, 0) is 6.42 Å². The molecule has 0 spiro atoms. The van der Waals surface area contributed by atoms with Gasteiger partial charge in [0.15, 0.2) is 0 Å². The summed E-state index contributed by atoms with van der Waals surface area (Å²) in [4.78, 5) is 0. The monoisotopic (exact) mass is 278 g/mol. The summed E-state index contributed by atoms with van der Waals surface area (Å²) in [6.07, 6.45) is 0.00780. The molecule has 0 fully saturated rings. The van der Waals surface area contributed by atoms with Gasteiger partial charge in [-0.1, -0.05) is 54.6 Å². The molecule has 0 heterocycles. The minimum atomic E-state index is -0.536. The van der Waals surface area contributed by atoms with Crippen molar-refractivity contribution < 1.29 is 9.84 Å². The van der Waals surface area contributed by atoms with Crippen LogP contribution in [0.1, 0.15) is 17.2 Å². The van der Waals surface area contributed by atoms with Gasteiger partial charge in [0.1, 0.15) is 5.75 Å². The lowest BCUT2D eigenvalue weighted by Crippen LogP contribution is -2.03. The van der Waals surface area contributed by atoms with E-state index in [4.69, 9.17) is 4.74 Å². The van der Waals surface area contributed by atoms with Gasteiger partial charge in [-0.15, -0.1) is 0 Å². The van der Waals surface area contributed by atoms with E-state index in [2.05, 4.69) is 24.3 Å². The number of aliphatic hydroxyl groups is 1. The number of methoxy groups -OCH3 is 1. The number of fused-ring (bicyclic) bond motifs is 1. The van der Waals surface area contributed by atoms with Crippen LogP contribution in [0.15, 0.2) is 66.7 Å². The molecule has 1 atom stereocenters. The molecule has 0 aliphatic heterocycles. The molecule has 3 aromatic rings. The third-order valence-electron chi connectivity index (χ3n) is 3.76. The summed E-state index contributed by atoms with van der Waals surface area (Å²) < 4.78 is 5.34. The van der Waals surface area contributed by atoms with Crippen molar-refractivity contribution in [2.75, 3.05) is 7.11 Å². The summed E-state index contributed by atoms with van der Waals surface area (Å²) in [5, 5.41) is 12.8. The average molecular weight is 278 g/mol. The quantitative estimate of drug-likeness (QED) is 0.777. The van der Waals surface area contributed by atoms with Gasteiger partial charge in [-0.3, -0.25) is 0 Å². The number of rotatable bonds is 4. The van der Waals surface area contributed by atoms with Crippen molar-refractivity contribution in [3.05, 3.63) is 77.9 Å². The molecule has 0 aliphatic carbocycles. The number of benzene rings is 3. The van der Waals surface area contributed by atoms with E-state index in [1.165, 1.54) is 5.39 Å². The number of para-hydroxylation sites is 1. The summed E-state index contributed by atoms with van der Waals surface area (Å²) in [6.45, 7) is 0. The molecule has 0 aromatic heterocycles. The first-order valence-electron chi connectivity index (χ1n) is 7.06. The molecule has 1 N–H and O–H groups in total. The summed E-state index contributed by atoms with van der Waals surface area (Å²) in [5.41, 5.74) is 1.94. The Morgan fingerprint density at radius 1 is 0.905 bits per heavy atom. The van der Waals surface area contributed by atoms with Crippen molar-refractivity contribution in [2.24, 2.45) is 0 Å². The number of hydrogen-bond acceptors (Lipinski definition) is 2. The van der Waals surface area contributed by atoms with E-state index < -0.39 is 6.10 Å². The Hall–Kier alpha value is -2.32. The largest absolute Gasteiger partial charge is 0.496 e. The average Bonchev–Trinajstić information content (AvgIpc) is 2.55. The Morgan fingerprint density at radius 2 is 1.62 bits per heavy atom. The highest BCUT2D eigenvalue weighted by molar-refractivity contribution is 5.83. The fraction of sp³-hybridized carbons (Fsp3) is 0.158. The third-order valence-corrected chi connectivity index (χ3v) is 3.76. The minimum absolute atomic E-state index is 0.536. The van der Waals surface area contributed by atoms with Crippen molar-refractivity contribution in [3.63, 3.8) is 0 Å². The Labute approximate surface area is 124 Å². The van der Waals surface area contributed by atoms with Crippen LogP contribution in [0.4, 0.5) is 0 Å². The van der Waals surface area contributed by atoms with E-state index in [1.54, 1.807) is 7.11 Å². The van der Waals surface area contributed by atoms with Crippen molar-refractivity contribution in [2.45, 2.75) is 12.5 Å². The zero-order chi connectivity index (χ0) is 14.7. The highest BCUT2D eigenvalue weighted by Gasteiger charge is 2.12. The van der Waals surface area contributed by atoms with Crippen molar-refractivity contribution >= 4 is 10.8 Å². The molecule has 106 valence electrons. The number of hydrogen-bond donors (Lipinski definition) is 1. The Bertz CT molecular complexity index is 749. The van der Waals surface area contributed by atoms with Gasteiger partial charge >= 0.3 is 0 Å². The lowest BCUT2D eigenvalue weighted by atomic mass is 9.98. The summed E-state index contributed by atoms with van der Waals surface area (Å²) in [5.74, 6) is 0.817. The molecular formula is C19H18O2. The van der Waals surface area contributed by atoms with Crippen LogP contribution < -0.4 is 4.74 Å². The maximum atomic E-state index is 10.5. The van der Waals surface area contributed by atoms with Gasteiger partial charge in [-0.2, -0.15) is 0 Å². The molecule has 0 aliphatic rings. The molecule has 0 amide bonds. The molecule has 3 rings (SSSR count). The lowest BCUT2D eigenvalue weighted by molar-refractivity contribution is 0.177. The van der Waals surface area contributed by atoms with E-state index in [9.17, 15) is 5.11 Å². The fourth-order valence-corrected chi connectivity index (χ4v) is 2.61. The highest BCUT2D eigenvalue weighted by Crippen LogP contribution is 2.26. The van der Waals surface area contributed by atoms with Crippen molar-refractivity contribution in [3.8, 4) is 5.75 Å². The van der Waals surface area contributed by atoms with Crippen LogP contribution in [0.5, 0.6) is 5.75 Å². The molecule has 21 heavy (non-hydrogen) atoms. The van der Waals surface area contributed by atoms with Gasteiger partial charge in [-0.25, -0.2) is 0 Å². The first-order valence-corrected chi connectivity index (χ1v) is 7.06. The van der Waals surface area contributed by atoms with Gasteiger partial charge in [0.25, 0.3) is 0 Å². The van der Waals surface area contributed by atoms with Crippen LogP contribution in [0.25, 0.3) is 10.8 Å². The van der Waals surface area contributed by atoms with Crippen LogP contribution in [0.2, 0.25) is 0 Å². The van der Waals surface area contributed by atoms with E-state index in [1.807, 2.05) is 42.5 Å². The molecule has 0 saturated carbocycles. The predicted molar refractivity (Wildman–Crippen MR) is 85.6 cm³/mol. The van der Waals surface area contributed by atoms with E-state index >= 15 is 0 Å². The van der Waals surface area contributed by atoms with Gasteiger partial charge in [0, 0.05) is 6.42 Å². The molecule has 2 nitrogen and oxygen atoms in total. The van der Waals surface area contributed by atoms with E-state index in [0.717, 1.165) is 22.3 Å². The Balaban J connectivity index is 1.88. The second-order valence-corrected chi connectivity index (χ2v) is 5.14. The standard InChI is InChI=1S/C19H18O2/c1-21-19-9-5-4-8-17(19)13-18(20)16-11-10-14-6-2-3-7-15(14)12-16/h2-12,18,20H,13H2,1H3. The van der Waals surface area contributed by atoms with Crippen molar-refractivity contribution in [1.29, 1.82) is 0 Å². The Kier molecular flexibility index (Phi) is 3.89. The topological polar surface area (TPSA) is 29.5 Å². The molecule has 0 radical (unpaired) electrons. The van der Waals surface area contributed by atoms with Crippen LogP contribution in [0, 0.1) is 0 Å². The zero-order valence-corrected chi connectivity index (χ0v) is 12.0. The van der Waals surface area contributed by atoms with Crippen LogP contribution >= 0.6 is 0 Å². The highest BCUT2D eigenvalue weighted by atomic mass is 16.5. The van der Waals surface area contributed by atoms with Gasteiger partial charge in [0.2, 0.25) is 0 Å². The summed E-state index contributed by atoms with van der Waals surface area (Å²) in [7, 11) is 1.65. The summed E-state index contributed by atoms with van der Waals surface area (Å²) >= 11 is 0. The second kappa shape index (κ2) is 5.98. The van der Waals surface area contributed by atoms with Crippen LogP contribution in [-0.4, -0.2) is 12.2 Å². The number of ether oxygens (including phenoxy) is 1. The van der Waals surface area contributed by atoms with Crippen LogP contribution in [0.3, 0.4) is 0 Å². The molecule has 2 heteroatoms.